The summed E-state index contributed by atoms with van der Waals surface area (Å²) >= 11 is 0. The molecule has 1 nitrogen and oxygen atoms in total. The van der Waals surface area contributed by atoms with Crippen molar-refractivity contribution < 1.29 is 9.50 Å². The van der Waals surface area contributed by atoms with Crippen molar-refractivity contribution in [3.05, 3.63) is 35.6 Å². The van der Waals surface area contributed by atoms with Crippen molar-refractivity contribution in [3.63, 3.8) is 0 Å². The van der Waals surface area contributed by atoms with Crippen LogP contribution in [0.15, 0.2) is 24.3 Å². The fraction of sp³-hybridized carbons (Fsp3) is 0.692. The third-order valence-corrected chi connectivity index (χ3v) is 11.0. The van der Waals surface area contributed by atoms with Gasteiger partial charge in [0.15, 0.2) is 0 Å². The molecule has 0 bridgehead atoms. The average molecular weight is 415 g/mol. The third-order valence-electron chi connectivity index (χ3n) is 7.45. The lowest BCUT2D eigenvalue weighted by Gasteiger charge is -2.37. The Morgan fingerprint density at radius 2 is 1.66 bits per heavy atom. The first kappa shape index (κ1) is 22.6. The van der Waals surface area contributed by atoms with Crippen LogP contribution in [0.4, 0.5) is 4.39 Å². The van der Waals surface area contributed by atoms with Crippen molar-refractivity contribution >= 4 is 8.80 Å². The van der Waals surface area contributed by atoms with E-state index >= 15 is 0 Å². The zero-order valence-electron chi connectivity index (χ0n) is 18.2. The van der Waals surface area contributed by atoms with E-state index in [2.05, 4.69) is 18.8 Å². The molecule has 160 valence electrons. The second kappa shape index (κ2) is 11.9. The molecule has 3 heteroatoms. The van der Waals surface area contributed by atoms with Gasteiger partial charge in [0.2, 0.25) is 0 Å². The van der Waals surface area contributed by atoms with Crippen LogP contribution in [0.3, 0.4) is 0 Å². The van der Waals surface area contributed by atoms with Crippen molar-refractivity contribution in [2.24, 2.45) is 17.8 Å². The molecule has 1 heterocycles. The first-order valence-corrected chi connectivity index (χ1v) is 14.5. The molecular formula is C26H39FOSi. The Bertz CT molecular complexity index is 646. The normalized spacial score (nSPS) is 28.4. The van der Waals surface area contributed by atoms with Crippen molar-refractivity contribution in [2.45, 2.75) is 95.4 Å². The summed E-state index contributed by atoms with van der Waals surface area (Å²) in [5.74, 6) is 8.24. The Kier molecular flexibility index (Phi) is 9.27. The summed E-state index contributed by atoms with van der Waals surface area (Å²) in [4.78, 5) is 0. The van der Waals surface area contributed by atoms with E-state index in [1.54, 1.807) is 30.3 Å². The van der Waals surface area contributed by atoms with Crippen LogP contribution >= 0.6 is 0 Å². The van der Waals surface area contributed by atoms with Gasteiger partial charge in [0.05, 0.1) is 0 Å². The SMILES string of the molecule is CCCCC[SiH]1CCC(C2CCC(CC(O)C#Cc3ccc(F)cc3)CC2)CC1. The van der Waals surface area contributed by atoms with Crippen LogP contribution in [0.25, 0.3) is 0 Å². The van der Waals surface area contributed by atoms with Gasteiger partial charge in [-0.3, -0.25) is 0 Å². The lowest BCUT2D eigenvalue weighted by Crippen LogP contribution is -2.29. The lowest BCUT2D eigenvalue weighted by molar-refractivity contribution is 0.142. The first-order chi connectivity index (χ1) is 14.1. The fourth-order valence-electron chi connectivity index (χ4n) is 5.60. The standard InChI is InChI=1S/C26H39FOSi/c1-2-3-4-17-29-18-15-24(16-19-29)23-10-5-22(6-11-23)20-26(28)14-9-21-7-12-25(27)13-8-21/h7-8,12-13,22-24,26,28-29H,2-6,10-11,15-20H2,1H3. The van der Waals surface area contributed by atoms with E-state index in [0.717, 1.165) is 23.8 Å². The van der Waals surface area contributed by atoms with Crippen LogP contribution in [0, 0.1) is 35.4 Å². The van der Waals surface area contributed by atoms with Crippen LogP contribution in [0.1, 0.15) is 76.7 Å². The highest BCUT2D eigenvalue weighted by molar-refractivity contribution is 6.58. The average Bonchev–Trinajstić information content (AvgIpc) is 2.75. The number of hydrogen-bond donors (Lipinski definition) is 1. The Morgan fingerprint density at radius 1 is 1.00 bits per heavy atom. The Balaban J connectivity index is 1.35. The second-order valence-corrected chi connectivity index (χ2v) is 13.0. The zero-order valence-corrected chi connectivity index (χ0v) is 19.4. The predicted octanol–water partition coefficient (Wildman–Crippen LogP) is 6.56. The Labute approximate surface area is 179 Å². The van der Waals surface area contributed by atoms with E-state index in [4.69, 9.17) is 0 Å². The number of unbranched alkanes of at least 4 members (excludes halogenated alkanes) is 2. The van der Waals surface area contributed by atoms with Gasteiger partial charge in [0.1, 0.15) is 11.9 Å². The summed E-state index contributed by atoms with van der Waals surface area (Å²) < 4.78 is 12.9. The molecule has 0 radical (unpaired) electrons. The molecular weight excluding hydrogens is 375 g/mol. The highest BCUT2D eigenvalue weighted by Crippen LogP contribution is 2.41. The zero-order chi connectivity index (χ0) is 20.5. The second-order valence-electron chi connectivity index (χ2n) is 9.59. The van der Waals surface area contributed by atoms with Crippen LogP contribution < -0.4 is 0 Å². The smallest absolute Gasteiger partial charge is 0.123 e. The van der Waals surface area contributed by atoms with Crippen molar-refractivity contribution in [1.29, 1.82) is 0 Å². The molecule has 2 aliphatic rings. The summed E-state index contributed by atoms with van der Waals surface area (Å²) in [5.41, 5.74) is 0.767. The molecule has 1 atom stereocenters. The van der Waals surface area contributed by atoms with Gasteiger partial charge in [-0.05, 0) is 61.3 Å². The molecule has 1 aromatic carbocycles. The Morgan fingerprint density at radius 3 is 2.31 bits per heavy atom. The molecule has 1 saturated carbocycles. The summed E-state index contributed by atoms with van der Waals surface area (Å²) in [7, 11) is -0.389. The van der Waals surface area contributed by atoms with Crippen LogP contribution in [-0.2, 0) is 0 Å². The van der Waals surface area contributed by atoms with Gasteiger partial charge in [0, 0.05) is 14.4 Å². The molecule has 0 spiro atoms. The highest BCUT2D eigenvalue weighted by atomic mass is 28.3. The lowest BCUT2D eigenvalue weighted by atomic mass is 9.73. The predicted molar refractivity (Wildman–Crippen MR) is 123 cm³/mol. The van der Waals surface area contributed by atoms with E-state index in [1.165, 1.54) is 69.9 Å². The number of hydrogen-bond acceptors (Lipinski definition) is 1. The number of aliphatic hydroxyl groups excluding tert-OH is 1. The number of benzene rings is 1. The summed E-state index contributed by atoms with van der Waals surface area (Å²) in [6.07, 6.45) is 12.8. The third kappa shape index (κ3) is 7.57. The van der Waals surface area contributed by atoms with Gasteiger partial charge < -0.3 is 5.11 Å². The quantitative estimate of drug-likeness (QED) is 0.304. The van der Waals surface area contributed by atoms with E-state index in [-0.39, 0.29) is 14.6 Å². The summed E-state index contributed by atoms with van der Waals surface area (Å²) in [5, 5.41) is 10.3. The number of halogens is 1. The Hall–Kier alpha value is -1.11. The molecule has 1 N–H and O–H groups in total. The van der Waals surface area contributed by atoms with Crippen molar-refractivity contribution in [1.82, 2.24) is 0 Å². The molecule has 0 amide bonds. The largest absolute Gasteiger partial charge is 0.380 e. The maximum atomic E-state index is 12.9. The van der Waals surface area contributed by atoms with Gasteiger partial charge in [-0.1, -0.05) is 81.8 Å². The molecule has 1 aromatic rings. The molecule has 0 aromatic heterocycles. The van der Waals surface area contributed by atoms with E-state index in [1.807, 2.05) is 0 Å². The number of rotatable bonds is 7. The summed E-state index contributed by atoms with van der Waals surface area (Å²) in [6.45, 7) is 2.31. The number of aliphatic hydroxyl groups is 1. The fourth-order valence-corrected chi connectivity index (χ4v) is 9.13. The van der Waals surface area contributed by atoms with Crippen molar-refractivity contribution in [3.8, 4) is 11.8 Å². The van der Waals surface area contributed by atoms with E-state index in [9.17, 15) is 9.50 Å². The van der Waals surface area contributed by atoms with Gasteiger partial charge in [-0.25, -0.2) is 4.39 Å². The minimum absolute atomic E-state index is 0.250. The van der Waals surface area contributed by atoms with E-state index in [0.29, 0.717) is 5.92 Å². The van der Waals surface area contributed by atoms with Crippen LogP contribution in [0.2, 0.25) is 18.1 Å². The van der Waals surface area contributed by atoms with Gasteiger partial charge in [0.25, 0.3) is 0 Å². The summed E-state index contributed by atoms with van der Waals surface area (Å²) in [6, 6.07) is 11.0. The van der Waals surface area contributed by atoms with Crippen LogP contribution in [0.5, 0.6) is 0 Å². The molecule has 1 aliphatic heterocycles. The minimum Gasteiger partial charge on any atom is -0.380 e. The topological polar surface area (TPSA) is 20.2 Å². The van der Waals surface area contributed by atoms with Gasteiger partial charge >= 0.3 is 0 Å². The first-order valence-electron chi connectivity index (χ1n) is 12.1. The molecule has 1 unspecified atom stereocenters. The van der Waals surface area contributed by atoms with Crippen LogP contribution in [-0.4, -0.2) is 20.0 Å². The minimum atomic E-state index is -0.564. The highest BCUT2D eigenvalue weighted by Gasteiger charge is 2.31. The maximum Gasteiger partial charge on any atom is 0.123 e. The van der Waals surface area contributed by atoms with Gasteiger partial charge in [-0.15, -0.1) is 0 Å². The van der Waals surface area contributed by atoms with Crippen molar-refractivity contribution in [2.75, 3.05) is 0 Å². The monoisotopic (exact) mass is 414 g/mol. The molecule has 1 aliphatic carbocycles. The molecule has 3 rings (SSSR count). The van der Waals surface area contributed by atoms with Gasteiger partial charge in [-0.2, -0.15) is 0 Å². The molecule has 2 fully saturated rings. The maximum absolute atomic E-state index is 12.9. The molecule has 29 heavy (non-hydrogen) atoms. The molecule has 1 saturated heterocycles. The van der Waals surface area contributed by atoms with E-state index < -0.39 is 6.10 Å².